The van der Waals surface area contributed by atoms with Crippen molar-refractivity contribution < 1.29 is 14.3 Å². The number of rotatable bonds is 5. The van der Waals surface area contributed by atoms with Gasteiger partial charge in [-0.25, -0.2) is 0 Å². The van der Waals surface area contributed by atoms with E-state index in [4.69, 9.17) is 4.74 Å². The van der Waals surface area contributed by atoms with Crippen molar-refractivity contribution in [2.45, 2.75) is 19.4 Å². The van der Waals surface area contributed by atoms with E-state index in [1.165, 1.54) is 6.92 Å². The number of carbonyl (C=O) groups excluding carboxylic acids is 2. The van der Waals surface area contributed by atoms with Gasteiger partial charge in [0.05, 0.1) is 13.7 Å². The van der Waals surface area contributed by atoms with E-state index in [0.717, 1.165) is 19.5 Å². The molecule has 2 rings (SSSR count). The van der Waals surface area contributed by atoms with Crippen molar-refractivity contribution in [3.8, 4) is 5.75 Å². The topological polar surface area (TPSA) is 58.6 Å². The first kappa shape index (κ1) is 14.5. The summed E-state index contributed by atoms with van der Waals surface area (Å²) in [5.74, 6) is 0.747. The summed E-state index contributed by atoms with van der Waals surface area (Å²) in [5.41, 5.74) is 0.660. The molecule has 1 aliphatic rings. The SMILES string of the molecule is COc1cccc(C(=O)CN2CCC(NC(C)=O)C2)c1. The molecular formula is C15H20N2O3. The summed E-state index contributed by atoms with van der Waals surface area (Å²) in [6.07, 6.45) is 0.894. The van der Waals surface area contributed by atoms with E-state index < -0.39 is 0 Å². The van der Waals surface area contributed by atoms with Gasteiger partial charge in [-0.3, -0.25) is 14.5 Å². The van der Waals surface area contributed by atoms with E-state index >= 15 is 0 Å². The van der Waals surface area contributed by atoms with Crippen molar-refractivity contribution in [3.63, 3.8) is 0 Å². The van der Waals surface area contributed by atoms with Crippen LogP contribution < -0.4 is 10.1 Å². The number of nitrogens with one attached hydrogen (secondary N) is 1. The van der Waals surface area contributed by atoms with Crippen molar-refractivity contribution in [2.24, 2.45) is 0 Å². The molecule has 0 aromatic heterocycles. The number of hydrogen-bond donors (Lipinski definition) is 1. The zero-order valence-corrected chi connectivity index (χ0v) is 11.9. The van der Waals surface area contributed by atoms with Gasteiger partial charge in [0.2, 0.25) is 5.91 Å². The van der Waals surface area contributed by atoms with Crippen LogP contribution in [0.5, 0.6) is 5.75 Å². The van der Waals surface area contributed by atoms with Gasteiger partial charge in [0.15, 0.2) is 5.78 Å². The number of hydrogen-bond acceptors (Lipinski definition) is 4. The molecule has 0 aliphatic carbocycles. The van der Waals surface area contributed by atoms with Crippen molar-refractivity contribution >= 4 is 11.7 Å². The van der Waals surface area contributed by atoms with Gasteiger partial charge in [-0.05, 0) is 18.6 Å². The van der Waals surface area contributed by atoms with Crippen molar-refractivity contribution in [3.05, 3.63) is 29.8 Å². The number of methoxy groups -OCH3 is 1. The van der Waals surface area contributed by atoms with Crippen LogP contribution >= 0.6 is 0 Å². The zero-order valence-electron chi connectivity index (χ0n) is 11.9. The van der Waals surface area contributed by atoms with Gasteiger partial charge in [-0.1, -0.05) is 12.1 Å². The minimum Gasteiger partial charge on any atom is -0.497 e. The maximum atomic E-state index is 12.2. The monoisotopic (exact) mass is 276 g/mol. The highest BCUT2D eigenvalue weighted by atomic mass is 16.5. The fourth-order valence-electron chi connectivity index (χ4n) is 2.47. The number of amides is 1. The molecule has 1 atom stereocenters. The average Bonchev–Trinajstić information content (AvgIpc) is 2.85. The second-order valence-corrected chi connectivity index (χ2v) is 5.08. The normalized spacial score (nSPS) is 18.8. The molecule has 1 aliphatic heterocycles. The Bertz CT molecular complexity index is 502. The molecule has 1 aromatic carbocycles. The van der Waals surface area contributed by atoms with Crippen LogP contribution in [0.2, 0.25) is 0 Å². The highest BCUT2D eigenvalue weighted by molar-refractivity contribution is 5.98. The van der Waals surface area contributed by atoms with Crippen molar-refractivity contribution in [1.82, 2.24) is 10.2 Å². The van der Waals surface area contributed by atoms with Gasteiger partial charge in [0, 0.05) is 31.6 Å². The van der Waals surface area contributed by atoms with Crippen LogP contribution in [0, 0.1) is 0 Å². The molecule has 0 bridgehead atoms. The number of carbonyl (C=O) groups is 2. The van der Waals surface area contributed by atoms with E-state index in [1.807, 2.05) is 12.1 Å². The Hall–Kier alpha value is -1.88. The third-order valence-corrected chi connectivity index (χ3v) is 3.44. The molecule has 1 heterocycles. The molecule has 1 aromatic rings. The Kier molecular flexibility index (Phi) is 4.74. The van der Waals surface area contributed by atoms with E-state index in [2.05, 4.69) is 10.2 Å². The van der Waals surface area contributed by atoms with Crippen LogP contribution in [-0.4, -0.2) is 49.4 Å². The summed E-state index contributed by atoms with van der Waals surface area (Å²) in [6.45, 7) is 3.46. The van der Waals surface area contributed by atoms with Gasteiger partial charge >= 0.3 is 0 Å². The lowest BCUT2D eigenvalue weighted by Gasteiger charge is -2.15. The van der Waals surface area contributed by atoms with E-state index in [-0.39, 0.29) is 17.7 Å². The molecular weight excluding hydrogens is 256 g/mol. The highest BCUT2D eigenvalue weighted by Crippen LogP contribution is 2.15. The first-order valence-corrected chi connectivity index (χ1v) is 6.75. The van der Waals surface area contributed by atoms with Crippen LogP contribution in [0.1, 0.15) is 23.7 Å². The Morgan fingerprint density at radius 1 is 1.45 bits per heavy atom. The maximum absolute atomic E-state index is 12.2. The van der Waals surface area contributed by atoms with Crippen LogP contribution in [0.4, 0.5) is 0 Å². The lowest BCUT2D eigenvalue weighted by atomic mass is 10.1. The number of ketones is 1. The lowest BCUT2D eigenvalue weighted by Crippen LogP contribution is -2.36. The molecule has 0 spiro atoms. The molecule has 1 fully saturated rings. The fourth-order valence-corrected chi connectivity index (χ4v) is 2.47. The van der Waals surface area contributed by atoms with E-state index in [0.29, 0.717) is 17.9 Å². The molecule has 108 valence electrons. The van der Waals surface area contributed by atoms with Crippen LogP contribution in [0.3, 0.4) is 0 Å². The van der Waals surface area contributed by atoms with Crippen LogP contribution in [0.15, 0.2) is 24.3 Å². The van der Waals surface area contributed by atoms with Crippen molar-refractivity contribution in [2.75, 3.05) is 26.7 Å². The van der Waals surface area contributed by atoms with Gasteiger partial charge in [-0.15, -0.1) is 0 Å². The second-order valence-electron chi connectivity index (χ2n) is 5.08. The molecule has 0 saturated carbocycles. The van der Waals surface area contributed by atoms with Gasteiger partial charge in [0.25, 0.3) is 0 Å². The Labute approximate surface area is 118 Å². The second kappa shape index (κ2) is 6.52. The highest BCUT2D eigenvalue weighted by Gasteiger charge is 2.24. The first-order valence-electron chi connectivity index (χ1n) is 6.75. The third-order valence-electron chi connectivity index (χ3n) is 3.44. The van der Waals surface area contributed by atoms with E-state index in [9.17, 15) is 9.59 Å². The minimum absolute atomic E-state index is 0.0176. The molecule has 0 radical (unpaired) electrons. The van der Waals surface area contributed by atoms with Crippen LogP contribution in [0.25, 0.3) is 0 Å². The van der Waals surface area contributed by atoms with Gasteiger partial charge < -0.3 is 10.1 Å². The molecule has 5 heteroatoms. The molecule has 20 heavy (non-hydrogen) atoms. The summed E-state index contributed by atoms with van der Waals surface area (Å²) < 4.78 is 5.12. The summed E-state index contributed by atoms with van der Waals surface area (Å²) in [5, 5.41) is 2.89. The van der Waals surface area contributed by atoms with Gasteiger partial charge in [-0.2, -0.15) is 0 Å². The Morgan fingerprint density at radius 3 is 2.95 bits per heavy atom. The van der Waals surface area contributed by atoms with Gasteiger partial charge in [0.1, 0.15) is 5.75 Å². The number of likely N-dealkylation sites (tertiary alicyclic amines) is 1. The molecule has 1 N–H and O–H groups in total. The average molecular weight is 276 g/mol. The van der Waals surface area contributed by atoms with Crippen molar-refractivity contribution in [1.29, 1.82) is 0 Å². The summed E-state index contributed by atoms with van der Waals surface area (Å²) >= 11 is 0. The smallest absolute Gasteiger partial charge is 0.217 e. The largest absolute Gasteiger partial charge is 0.497 e. The minimum atomic E-state index is -0.0176. The lowest BCUT2D eigenvalue weighted by molar-refractivity contribution is -0.119. The maximum Gasteiger partial charge on any atom is 0.217 e. The summed E-state index contributed by atoms with van der Waals surface area (Å²) in [4.78, 5) is 25.3. The van der Waals surface area contributed by atoms with Crippen LogP contribution in [-0.2, 0) is 4.79 Å². The Balaban J connectivity index is 1.90. The number of benzene rings is 1. The molecule has 5 nitrogen and oxygen atoms in total. The first-order chi connectivity index (χ1) is 9.58. The predicted octanol–water partition coefficient (Wildman–Crippen LogP) is 1.09. The molecule has 1 amide bonds. The summed E-state index contributed by atoms with van der Waals surface area (Å²) in [6, 6.07) is 7.34. The standard InChI is InChI=1S/C15H20N2O3/c1-11(18)16-13-6-7-17(9-13)10-15(19)12-4-3-5-14(8-12)20-2/h3-5,8,13H,6-7,9-10H2,1-2H3,(H,16,18). The van der Waals surface area contributed by atoms with E-state index in [1.54, 1.807) is 19.2 Å². The fraction of sp³-hybridized carbons (Fsp3) is 0.467. The third kappa shape index (κ3) is 3.81. The number of Topliss-reactive ketones (excluding diaryl/α,β-unsaturated/α-hetero) is 1. The quantitative estimate of drug-likeness (QED) is 0.818. The number of nitrogens with zero attached hydrogens (tertiary/aromatic N) is 1. The Morgan fingerprint density at radius 2 is 2.25 bits per heavy atom. The molecule has 1 saturated heterocycles. The summed E-state index contributed by atoms with van der Waals surface area (Å²) in [7, 11) is 1.59. The predicted molar refractivity (Wildman–Crippen MR) is 76.0 cm³/mol. The zero-order chi connectivity index (χ0) is 14.5. The molecule has 1 unspecified atom stereocenters. The number of ether oxygens (including phenoxy) is 1.